The number of nitro benzene ring substituents is 2. The van der Waals surface area contributed by atoms with E-state index in [1.807, 2.05) is 0 Å². The Morgan fingerprint density at radius 1 is 0.403 bits per heavy atom. The van der Waals surface area contributed by atoms with E-state index in [0.717, 1.165) is 44.5 Å². The van der Waals surface area contributed by atoms with Crippen molar-refractivity contribution >= 4 is 11.4 Å². The van der Waals surface area contributed by atoms with Gasteiger partial charge >= 0.3 is 11.4 Å². The number of hydrogen-bond acceptors (Lipinski definition) is 10. The van der Waals surface area contributed by atoms with Crippen LogP contribution in [0.15, 0.2) is 97.1 Å². The molecular formula is C60H70N2O10. The van der Waals surface area contributed by atoms with Crippen LogP contribution in [0.5, 0.6) is 34.5 Å². The number of phenols is 2. The summed E-state index contributed by atoms with van der Waals surface area (Å²) >= 11 is 0. The maximum Gasteiger partial charge on any atom is 0.310 e. The minimum Gasteiger partial charge on any atom is -0.507 e. The van der Waals surface area contributed by atoms with Crippen molar-refractivity contribution in [3.05, 3.63) is 184 Å². The smallest absolute Gasteiger partial charge is 0.310 e. The number of benzene rings is 6. The van der Waals surface area contributed by atoms with E-state index in [2.05, 4.69) is 132 Å². The highest BCUT2D eigenvalue weighted by atomic mass is 16.6. The van der Waals surface area contributed by atoms with Crippen molar-refractivity contribution in [1.29, 1.82) is 0 Å². The molecular weight excluding hydrogens is 909 g/mol. The quantitative estimate of drug-likeness (QED) is 0.0684. The zero-order valence-electron chi connectivity index (χ0n) is 43.9. The molecule has 1 aliphatic rings. The summed E-state index contributed by atoms with van der Waals surface area (Å²) in [5.74, 6) is 1.75. The second-order valence-corrected chi connectivity index (χ2v) is 23.1. The Hall–Kier alpha value is -7.08. The lowest BCUT2D eigenvalue weighted by atomic mass is 9.79. The predicted molar refractivity (Wildman–Crippen MR) is 283 cm³/mol. The van der Waals surface area contributed by atoms with Crippen LogP contribution in [0.2, 0.25) is 0 Å². The molecule has 0 amide bonds. The average molecular weight is 979 g/mol. The number of aromatic hydroxyl groups is 2. The number of fused-ring (bicyclic) bond motifs is 8. The predicted octanol–water partition coefficient (Wildman–Crippen LogP) is 13.7. The second kappa shape index (κ2) is 20.6. The van der Waals surface area contributed by atoms with E-state index in [4.69, 9.17) is 18.9 Å². The molecule has 0 fully saturated rings. The van der Waals surface area contributed by atoms with Crippen LogP contribution in [-0.2, 0) is 47.3 Å². The van der Waals surface area contributed by atoms with Gasteiger partial charge in [0, 0.05) is 37.8 Å². The first-order valence-electron chi connectivity index (χ1n) is 24.7. The molecule has 12 nitrogen and oxygen atoms in total. The fourth-order valence-electron chi connectivity index (χ4n) is 9.07. The Balaban J connectivity index is 1.45. The van der Waals surface area contributed by atoms with Gasteiger partial charge < -0.3 is 29.2 Å². The van der Waals surface area contributed by atoms with Gasteiger partial charge in [-0.1, -0.05) is 156 Å². The number of para-hydroxylation sites is 4. The maximum absolute atomic E-state index is 12.7. The molecule has 7 rings (SSSR count). The van der Waals surface area contributed by atoms with Crippen molar-refractivity contribution in [2.45, 2.75) is 130 Å². The lowest BCUT2D eigenvalue weighted by molar-refractivity contribution is -0.386. The van der Waals surface area contributed by atoms with Gasteiger partial charge in [-0.2, -0.15) is 0 Å². The van der Waals surface area contributed by atoms with E-state index in [9.17, 15) is 30.4 Å². The van der Waals surface area contributed by atoms with E-state index >= 15 is 0 Å². The summed E-state index contributed by atoms with van der Waals surface area (Å²) in [5, 5.41) is 49.0. The first-order valence-corrected chi connectivity index (χ1v) is 24.7. The molecule has 6 aromatic rings. The maximum atomic E-state index is 12.7. The second-order valence-electron chi connectivity index (χ2n) is 23.1. The molecule has 0 saturated heterocycles. The molecule has 1 aliphatic carbocycles. The van der Waals surface area contributed by atoms with Gasteiger partial charge in [-0.05, 0) is 101 Å². The Bertz CT molecular complexity index is 2700. The molecule has 6 aromatic carbocycles. The summed E-state index contributed by atoms with van der Waals surface area (Å²) in [6.45, 7) is 26.0. The van der Waals surface area contributed by atoms with Gasteiger partial charge in [-0.15, -0.1) is 0 Å². The first-order chi connectivity index (χ1) is 33.7. The highest BCUT2D eigenvalue weighted by Gasteiger charge is 2.29. The summed E-state index contributed by atoms with van der Waals surface area (Å²) in [4.78, 5) is 22.7. The molecule has 0 saturated carbocycles. The van der Waals surface area contributed by atoms with Crippen molar-refractivity contribution in [3.8, 4) is 34.5 Å². The molecule has 380 valence electrons. The fourth-order valence-corrected chi connectivity index (χ4v) is 9.07. The summed E-state index contributed by atoms with van der Waals surface area (Å²) in [6, 6.07) is 29.4. The average Bonchev–Trinajstić information content (AvgIpc) is 3.28. The van der Waals surface area contributed by atoms with E-state index < -0.39 is 9.85 Å². The first kappa shape index (κ1) is 52.7. The Kier molecular flexibility index (Phi) is 15.1. The number of nitro groups is 2. The van der Waals surface area contributed by atoms with Crippen molar-refractivity contribution in [3.63, 3.8) is 0 Å². The molecule has 0 aliphatic heterocycles. The van der Waals surface area contributed by atoms with E-state index in [1.165, 1.54) is 12.1 Å². The normalized spacial score (nSPS) is 13.1. The van der Waals surface area contributed by atoms with Gasteiger partial charge in [0.15, 0.2) is 11.5 Å². The zero-order chi connectivity index (χ0) is 52.5. The monoisotopic (exact) mass is 979 g/mol. The standard InChI is InChI=1S/C60H70N2O10/c1-57(2,3)45-29-37-25-41-33-47(59(7,8)9)35-43(55(41)71-23-21-69-51-19-15-13-17-49(51)61(65)66)27-39-31-46(58(4,5)6)32-40(54(39)64)28-44-36-48(60(10,11)12)34-42(26-38(30-45)53(37)63)56(44)72-24-22-70-52-20-16-14-18-50(52)62(67)68/h13-20,29-36,63-64H,21-28H2,1-12H3. The number of nitrogens with zero attached hydrogens (tertiary/aromatic N) is 2. The summed E-state index contributed by atoms with van der Waals surface area (Å²) < 4.78 is 25.5. The summed E-state index contributed by atoms with van der Waals surface area (Å²) in [5.41, 5.74) is 8.78. The van der Waals surface area contributed by atoms with Crippen molar-refractivity contribution in [2.24, 2.45) is 0 Å². The highest BCUT2D eigenvalue weighted by molar-refractivity contribution is 5.60. The molecule has 0 heterocycles. The van der Waals surface area contributed by atoms with Crippen LogP contribution in [0, 0.1) is 20.2 Å². The van der Waals surface area contributed by atoms with Crippen LogP contribution < -0.4 is 18.9 Å². The highest BCUT2D eigenvalue weighted by Crippen LogP contribution is 2.44. The van der Waals surface area contributed by atoms with Gasteiger partial charge in [-0.3, -0.25) is 20.2 Å². The molecule has 0 atom stereocenters. The number of rotatable bonds is 12. The number of phenolic OH excluding ortho intramolecular Hbond substituents is 2. The lowest BCUT2D eigenvalue weighted by Crippen LogP contribution is -2.18. The lowest BCUT2D eigenvalue weighted by Gasteiger charge is -2.28. The Morgan fingerprint density at radius 2 is 0.639 bits per heavy atom. The molecule has 8 bridgehead atoms. The topological polar surface area (TPSA) is 164 Å². The van der Waals surface area contributed by atoms with Crippen LogP contribution in [-0.4, -0.2) is 46.5 Å². The molecule has 0 spiro atoms. The van der Waals surface area contributed by atoms with Crippen LogP contribution in [0.1, 0.15) is 150 Å². The molecule has 0 aromatic heterocycles. The van der Waals surface area contributed by atoms with Gasteiger partial charge in [0.1, 0.15) is 49.4 Å². The van der Waals surface area contributed by atoms with Crippen LogP contribution >= 0.6 is 0 Å². The molecule has 72 heavy (non-hydrogen) atoms. The third-order valence-electron chi connectivity index (χ3n) is 13.3. The fraction of sp³-hybridized carbons (Fsp3) is 0.400. The summed E-state index contributed by atoms with van der Waals surface area (Å²) in [6.07, 6.45) is 1.16. The SMILES string of the molecule is CC(C)(C)c1cc2c(O)c(c1)Cc1cc(C(C)(C)C)cc(c1OCCOc1ccccc1[N+](=O)[O-])Cc1cc(C(C)(C)C)cc(c1O)Cc1cc(C(C)(C)C)cc(c1OCCOc1ccccc1[N+](=O)[O-])C2. The largest absolute Gasteiger partial charge is 0.507 e. The van der Waals surface area contributed by atoms with E-state index in [-0.39, 0.29) is 82.5 Å². The zero-order valence-corrected chi connectivity index (χ0v) is 43.9. The third-order valence-corrected chi connectivity index (χ3v) is 13.3. The van der Waals surface area contributed by atoms with Gasteiger partial charge in [0.05, 0.1) is 9.85 Å². The third kappa shape index (κ3) is 12.1. The van der Waals surface area contributed by atoms with Gasteiger partial charge in [0.2, 0.25) is 0 Å². The minimum absolute atomic E-state index is 0.0194. The van der Waals surface area contributed by atoms with Crippen molar-refractivity contribution in [1.82, 2.24) is 0 Å². The molecule has 12 heteroatoms. The van der Waals surface area contributed by atoms with E-state index in [0.29, 0.717) is 59.4 Å². The van der Waals surface area contributed by atoms with Crippen LogP contribution in [0.25, 0.3) is 0 Å². The van der Waals surface area contributed by atoms with Crippen molar-refractivity contribution < 1.29 is 39.0 Å². The van der Waals surface area contributed by atoms with Gasteiger partial charge in [-0.25, -0.2) is 0 Å². The summed E-state index contributed by atoms with van der Waals surface area (Å²) in [7, 11) is 0. The van der Waals surface area contributed by atoms with Crippen LogP contribution in [0.4, 0.5) is 11.4 Å². The Labute approximate surface area is 424 Å². The van der Waals surface area contributed by atoms with Crippen molar-refractivity contribution in [2.75, 3.05) is 26.4 Å². The minimum atomic E-state index is -0.469. The number of ether oxygens (including phenoxy) is 4. The Morgan fingerprint density at radius 3 is 0.889 bits per heavy atom. The molecule has 2 N–H and O–H groups in total. The molecule has 0 unspecified atom stereocenters. The van der Waals surface area contributed by atoms with E-state index in [1.54, 1.807) is 36.4 Å². The molecule has 0 radical (unpaired) electrons. The number of hydrogen-bond donors (Lipinski definition) is 2. The van der Waals surface area contributed by atoms with Crippen LogP contribution in [0.3, 0.4) is 0 Å². The van der Waals surface area contributed by atoms with Gasteiger partial charge in [0.25, 0.3) is 0 Å².